The Balaban J connectivity index is 2.23. The summed E-state index contributed by atoms with van der Waals surface area (Å²) in [6.07, 6.45) is 4.35. The van der Waals surface area contributed by atoms with Crippen molar-refractivity contribution >= 4 is 5.91 Å². The normalized spacial score (nSPS) is 18.2. The average molecular weight is 258 g/mol. The molecule has 1 aliphatic rings. The number of rotatable bonds is 8. The number of hydrogen-bond donors (Lipinski definition) is 2. The van der Waals surface area contributed by atoms with Crippen molar-refractivity contribution < 1.29 is 14.6 Å². The highest BCUT2D eigenvalue weighted by molar-refractivity contribution is 5.78. The third kappa shape index (κ3) is 4.92. The molecule has 1 aliphatic carbocycles. The van der Waals surface area contributed by atoms with Crippen LogP contribution in [-0.2, 0) is 9.53 Å². The Morgan fingerprint density at radius 3 is 2.67 bits per heavy atom. The lowest BCUT2D eigenvalue weighted by atomic mass is 9.87. The van der Waals surface area contributed by atoms with Crippen molar-refractivity contribution in [3.05, 3.63) is 0 Å². The highest BCUT2D eigenvalue weighted by atomic mass is 16.5. The smallest absolute Gasteiger partial charge is 0.234 e. The SMILES string of the molecule is COCCN(C)CC(=O)NCC1(CO)CCCC1. The van der Waals surface area contributed by atoms with Gasteiger partial charge in [-0.05, 0) is 19.9 Å². The summed E-state index contributed by atoms with van der Waals surface area (Å²) >= 11 is 0. The lowest BCUT2D eigenvalue weighted by molar-refractivity contribution is -0.122. The lowest BCUT2D eigenvalue weighted by Gasteiger charge is -2.27. The number of ether oxygens (including phenoxy) is 1. The molecule has 0 aromatic rings. The molecule has 0 atom stereocenters. The van der Waals surface area contributed by atoms with Gasteiger partial charge in [-0.2, -0.15) is 0 Å². The number of likely N-dealkylation sites (N-methyl/N-ethyl adjacent to an activating group) is 1. The summed E-state index contributed by atoms with van der Waals surface area (Å²) in [4.78, 5) is 13.7. The van der Waals surface area contributed by atoms with Crippen LogP contribution in [0.25, 0.3) is 0 Å². The molecule has 0 heterocycles. The molecule has 0 radical (unpaired) electrons. The molecule has 106 valence electrons. The van der Waals surface area contributed by atoms with Crippen molar-refractivity contribution in [1.82, 2.24) is 10.2 Å². The van der Waals surface area contributed by atoms with Gasteiger partial charge >= 0.3 is 0 Å². The summed E-state index contributed by atoms with van der Waals surface area (Å²) in [5.41, 5.74) is -0.0687. The van der Waals surface area contributed by atoms with Crippen LogP contribution in [0.1, 0.15) is 25.7 Å². The van der Waals surface area contributed by atoms with Gasteiger partial charge in [-0.3, -0.25) is 9.69 Å². The van der Waals surface area contributed by atoms with E-state index >= 15 is 0 Å². The van der Waals surface area contributed by atoms with Crippen LogP contribution in [0.5, 0.6) is 0 Å². The Morgan fingerprint density at radius 1 is 1.44 bits per heavy atom. The fourth-order valence-electron chi connectivity index (χ4n) is 2.43. The topological polar surface area (TPSA) is 61.8 Å². The fraction of sp³-hybridized carbons (Fsp3) is 0.923. The van der Waals surface area contributed by atoms with E-state index in [-0.39, 0.29) is 17.9 Å². The molecule has 1 amide bonds. The highest BCUT2D eigenvalue weighted by Crippen LogP contribution is 2.36. The zero-order valence-electron chi connectivity index (χ0n) is 11.6. The van der Waals surface area contributed by atoms with Gasteiger partial charge in [0, 0.05) is 25.6 Å². The quantitative estimate of drug-likeness (QED) is 0.654. The van der Waals surface area contributed by atoms with Crippen LogP contribution in [-0.4, -0.2) is 62.9 Å². The van der Waals surface area contributed by atoms with E-state index in [4.69, 9.17) is 4.74 Å². The number of nitrogens with one attached hydrogen (secondary N) is 1. The van der Waals surface area contributed by atoms with Crippen molar-refractivity contribution in [3.8, 4) is 0 Å². The fourth-order valence-corrected chi connectivity index (χ4v) is 2.43. The first-order valence-electron chi connectivity index (χ1n) is 6.67. The first-order valence-corrected chi connectivity index (χ1v) is 6.67. The van der Waals surface area contributed by atoms with Crippen molar-refractivity contribution in [3.63, 3.8) is 0 Å². The standard InChI is InChI=1S/C13H26N2O3/c1-15(7-8-18-2)9-12(17)14-10-13(11-16)5-3-4-6-13/h16H,3-11H2,1-2H3,(H,14,17). The molecule has 1 fully saturated rings. The van der Waals surface area contributed by atoms with Crippen molar-refractivity contribution in [2.45, 2.75) is 25.7 Å². The Hall–Kier alpha value is -0.650. The molecule has 0 unspecified atom stereocenters. The molecule has 0 saturated heterocycles. The first kappa shape index (κ1) is 15.4. The Morgan fingerprint density at radius 2 is 2.11 bits per heavy atom. The summed E-state index contributed by atoms with van der Waals surface area (Å²) in [5.74, 6) is 0.0216. The van der Waals surface area contributed by atoms with Crippen LogP contribution in [0.4, 0.5) is 0 Å². The van der Waals surface area contributed by atoms with Gasteiger partial charge in [-0.1, -0.05) is 12.8 Å². The van der Waals surface area contributed by atoms with E-state index in [1.165, 1.54) is 0 Å². The largest absolute Gasteiger partial charge is 0.396 e. The van der Waals surface area contributed by atoms with E-state index in [0.717, 1.165) is 32.2 Å². The number of nitrogens with zero attached hydrogens (tertiary/aromatic N) is 1. The van der Waals surface area contributed by atoms with E-state index in [1.54, 1.807) is 7.11 Å². The Bertz CT molecular complexity index is 253. The summed E-state index contributed by atoms with van der Waals surface area (Å²) in [5, 5.41) is 12.4. The number of carbonyl (C=O) groups is 1. The molecule has 0 aromatic carbocycles. The molecule has 5 nitrogen and oxygen atoms in total. The number of aliphatic hydroxyl groups excluding tert-OH is 1. The van der Waals surface area contributed by atoms with Crippen LogP contribution < -0.4 is 5.32 Å². The van der Waals surface area contributed by atoms with E-state index in [2.05, 4.69) is 5.32 Å². The van der Waals surface area contributed by atoms with Crippen LogP contribution in [0.3, 0.4) is 0 Å². The first-order chi connectivity index (χ1) is 8.62. The second kappa shape index (κ2) is 7.71. The third-order valence-corrected chi connectivity index (χ3v) is 3.75. The number of amides is 1. The molecular weight excluding hydrogens is 232 g/mol. The second-order valence-electron chi connectivity index (χ2n) is 5.37. The molecule has 18 heavy (non-hydrogen) atoms. The highest BCUT2D eigenvalue weighted by Gasteiger charge is 2.33. The minimum Gasteiger partial charge on any atom is -0.396 e. The maximum absolute atomic E-state index is 11.8. The van der Waals surface area contributed by atoms with E-state index in [1.807, 2.05) is 11.9 Å². The van der Waals surface area contributed by atoms with Gasteiger partial charge in [-0.25, -0.2) is 0 Å². The van der Waals surface area contributed by atoms with Gasteiger partial charge in [0.15, 0.2) is 0 Å². The van der Waals surface area contributed by atoms with Gasteiger partial charge in [0.1, 0.15) is 0 Å². The molecule has 2 N–H and O–H groups in total. The Kier molecular flexibility index (Phi) is 6.60. The van der Waals surface area contributed by atoms with Gasteiger partial charge in [-0.15, -0.1) is 0 Å². The summed E-state index contributed by atoms with van der Waals surface area (Å²) < 4.78 is 4.96. The maximum atomic E-state index is 11.8. The van der Waals surface area contributed by atoms with Crippen LogP contribution >= 0.6 is 0 Å². The van der Waals surface area contributed by atoms with Gasteiger partial charge in [0.25, 0.3) is 0 Å². The predicted molar refractivity (Wildman–Crippen MR) is 70.4 cm³/mol. The number of hydrogen-bond acceptors (Lipinski definition) is 4. The van der Waals surface area contributed by atoms with E-state index in [0.29, 0.717) is 19.7 Å². The molecule has 1 saturated carbocycles. The number of carbonyl (C=O) groups excluding carboxylic acids is 1. The van der Waals surface area contributed by atoms with Crippen LogP contribution in [0.2, 0.25) is 0 Å². The third-order valence-electron chi connectivity index (χ3n) is 3.75. The number of aliphatic hydroxyl groups is 1. The summed E-state index contributed by atoms with van der Waals surface area (Å²) in [6.45, 7) is 2.53. The molecule has 5 heteroatoms. The Labute approximate surface area is 109 Å². The predicted octanol–water partition coefficient (Wildman–Crippen LogP) is 0.234. The van der Waals surface area contributed by atoms with Gasteiger partial charge in [0.05, 0.1) is 19.8 Å². The number of methoxy groups -OCH3 is 1. The minimum atomic E-state index is -0.0687. The molecular formula is C13H26N2O3. The van der Waals surface area contributed by atoms with Crippen molar-refractivity contribution in [2.24, 2.45) is 5.41 Å². The van der Waals surface area contributed by atoms with E-state index in [9.17, 15) is 9.90 Å². The van der Waals surface area contributed by atoms with Crippen molar-refractivity contribution in [1.29, 1.82) is 0 Å². The van der Waals surface area contributed by atoms with Gasteiger partial charge in [0.2, 0.25) is 5.91 Å². The summed E-state index contributed by atoms with van der Waals surface area (Å²) in [7, 11) is 3.55. The average Bonchev–Trinajstić information content (AvgIpc) is 2.83. The minimum absolute atomic E-state index is 0.0216. The van der Waals surface area contributed by atoms with E-state index < -0.39 is 0 Å². The summed E-state index contributed by atoms with van der Waals surface area (Å²) in [6, 6.07) is 0. The molecule has 0 aliphatic heterocycles. The molecule has 0 spiro atoms. The zero-order valence-corrected chi connectivity index (χ0v) is 11.6. The monoisotopic (exact) mass is 258 g/mol. The van der Waals surface area contributed by atoms with Crippen molar-refractivity contribution in [2.75, 3.05) is 47.0 Å². The second-order valence-corrected chi connectivity index (χ2v) is 5.37. The molecule has 0 bridgehead atoms. The van der Waals surface area contributed by atoms with Gasteiger partial charge < -0.3 is 15.2 Å². The zero-order chi connectivity index (χ0) is 13.4. The molecule has 1 rings (SSSR count). The van der Waals surface area contributed by atoms with Crippen LogP contribution in [0, 0.1) is 5.41 Å². The lowest BCUT2D eigenvalue weighted by Crippen LogP contribution is -2.42. The maximum Gasteiger partial charge on any atom is 0.234 e. The molecule has 0 aromatic heterocycles. The van der Waals surface area contributed by atoms with Crippen LogP contribution in [0.15, 0.2) is 0 Å².